The molecule has 0 amide bonds. The standard InChI is InChI=1S/C18H27N3/c1-4-6-21-12-15(7-16(19)5-2)17-8-13-10-20(3)11-14(13)9-18(17)21/h8-9,12,16H,4-7,10-11,19H2,1-3H3. The fourth-order valence-corrected chi connectivity index (χ4v) is 3.45. The molecule has 0 spiro atoms. The van der Waals surface area contributed by atoms with Crippen LogP contribution in [0.25, 0.3) is 10.9 Å². The van der Waals surface area contributed by atoms with Gasteiger partial charge in [-0.3, -0.25) is 4.90 Å². The summed E-state index contributed by atoms with van der Waals surface area (Å²) in [7, 11) is 2.19. The van der Waals surface area contributed by atoms with Crippen LogP contribution in [0.4, 0.5) is 0 Å². The van der Waals surface area contributed by atoms with E-state index in [2.05, 4.69) is 48.7 Å². The summed E-state index contributed by atoms with van der Waals surface area (Å²) in [4.78, 5) is 2.38. The number of nitrogens with two attached hydrogens (primary N) is 1. The first-order chi connectivity index (χ1) is 10.1. The quantitative estimate of drug-likeness (QED) is 0.915. The Balaban J connectivity index is 2.08. The van der Waals surface area contributed by atoms with Crippen LogP contribution in [0.15, 0.2) is 18.3 Å². The summed E-state index contributed by atoms with van der Waals surface area (Å²) in [5, 5.41) is 1.42. The lowest BCUT2D eigenvalue weighted by atomic mass is 10.0. The van der Waals surface area contributed by atoms with Crippen molar-refractivity contribution in [3.8, 4) is 0 Å². The molecule has 0 fully saturated rings. The van der Waals surface area contributed by atoms with Crippen LogP contribution < -0.4 is 5.73 Å². The molecule has 1 aliphatic heterocycles. The van der Waals surface area contributed by atoms with Crippen molar-refractivity contribution in [2.45, 2.75) is 58.8 Å². The van der Waals surface area contributed by atoms with Crippen molar-refractivity contribution < 1.29 is 0 Å². The Morgan fingerprint density at radius 2 is 1.90 bits per heavy atom. The third-order valence-corrected chi connectivity index (χ3v) is 4.64. The predicted molar refractivity (Wildman–Crippen MR) is 89.4 cm³/mol. The van der Waals surface area contributed by atoms with Gasteiger partial charge in [0, 0.05) is 42.8 Å². The largest absolute Gasteiger partial charge is 0.347 e. The summed E-state index contributed by atoms with van der Waals surface area (Å²) in [6.07, 6.45) is 5.52. The number of hydrogen-bond acceptors (Lipinski definition) is 2. The maximum absolute atomic E-state index is 6.20. The fourth-order valence-electron chi connectivity index (χ4n) is 3.45. The molecule has 1 unspecified atom stereocenters. The number of benzene rings is 1. The van der Waals surface area contributed by atoms with Gasteiger partial charge >= 0.3 is 0 Å². The van der Waals surface area contributed by atoms with Gasteiger partial charge in [0.15, 0.2) is 0 Å². The van der Waals surface area contributed by atoms with Crippen LogP contribution in [0.1, 0.15) is 43.4 Å². The van der Waals surface area contributed by atoms with E-state index in [1.165, 1.54) is 34.0 Å². The van der Waals surface area contributed by atoms with E-state index in [1.54, 1.807) is 0 Å². The number of aryl methyl sites for hydroxylation is 1. The summed E-state index contributed by atoms with van der Waals surface area (Å²) in [5.74, 6) is 0. The minimum atomic E-state index is 0.265. The van der Waals surface area contributed by atoms with Gasteiger partial charge in [-0.05, 0) is 55.1 Å². The first-order valence-corrected chi connectivity index (χ1v) is 8.20. The molecule has 3 heteroatoms. The average Bonchev–Trinajstić information content (AvgIpc) is 2.97. The van der Waals surface area contributed by atoms with Crippen LogP contribution in [0, 0.1) is 0 Å². The maximum Gasteiger partial charge on any atom is 0.0486 e. The zero-order valence-corrected chi connectivity index (χ0v) is 13.5. The molecule has 0 saturated carbocycles. The molecule has 114 valence electrons. The molecule has 2 aromatic rings. The van der Waals surface area contributed by atoms with Crippen LogP contribution in [-0.4, -0.2) is 22.6 Å². The SMILES string of the molecule is CCCn1cc(CC(N)CC)c2cc3c(cc21)CN(C)C3. The molecule has 0 saturated heterocycles. The van der Waals surface area contributed by atoms with E-state index in [4.69, 9.17) is 5.73 Å². The zero-order valence-electron chi connectivity index (χ0n) is 13.5. The molecule has 0 bridgehead atoms. The van der Waals surface area contributed by atoms with Gasteiger partial charge in [0.05, 0.1) is 0 Å². The van der Waals surface area contributed by atoms with Crippen molar-refractivity contribution in [3.05, 3.63) is 35.0 Å². The minimum Gasteiger partial charge on any atom is -0.347 e. The fraction of sp³-hybridized carbons (Fsp3) is 0.556. The topological polar surface area (TPSA) is 34.2 Å². The molecular formula is C18H27N3. The molecule has 3 nitrogen and oxygen atoms in total. The molecule has 1 atom stereocenters. The first-order valence-electron chi connectivity index (χ1n) is 8.20. The average molecular weight is 285 g/mol. The molecule has 0 radical (unpaired) electrons. The first kappa shape index (κ1) is 14.6. The van der Waals surface area contributed by atoms with Crippen LogP contribution in [0.5, 0.6) is 0 Å². The molecule has 1 aromatic heterocycles. The Bertz CT molecular complexity index is 641. The van der Waals surface area contributed by atoms with Gasteiger partial charge in [-0.25, -0.2) is 0 Å². The Labute approximate surface area is 127 Å². The summed E-state index contributed by atoms with van der Waals surface area (Å²) >= 11 is 0. The van der Waals surface area contributed by atoms with E-state index in [-0.39, 0.29) is 6.04 Å². The van der Waals surface area contributed by atoms with Gasteiger partial charge < -0.3 is 10.3 Å². The Kier molecular flexibility index (Phi) is 4.05. The number of hydrogen-bond donors (Lipinski definition) is 1. The van der Waals surface area contributed by atoms with Crippen LogP contribution in [0.2, 0.25) is 0 Å². The highest BCUT2D eigenvalue weighted by atomic mass is 15.1. The maximum atomic E-state index is 6.20. The van der Waals surface area contributed by atoms with Gasteiger partial charge in [-0.2, -0.15) is 0 Å². The van der Waals surface area contributed by atoms with E-state index < -0.39 is 0 Å². The lowest BCUT2D eigenvalue weighted by molar-refractivity contribution is 0.353. The van der Waals surface area contributed by atoms with Gasteiger partial charge in [-0.15, -0.1) is 0 Å². The van der Waals surface area contributed by atoms with Gasteiger partial charge in [-0.1, -0.05) is 13.8 Å². The van der Waals surface area contributed by atoms with E-state index in [0.717, 1.165) is 32.5 Å². The Morgan fingerprint density at radius 1 is 1.19 bits per heavy atom. The lowest BCUT2D eigenvalue weighted by Crippen LogP contribution is -2.21. The van der Waals surface area contributed by atoms with Crippen LogP contribution in [0.3, 0.4) is 0 Å². The molecule has 1 aromatic carbocycles. The normalized spacial score (nSPS) is 16.6. The smallest absolute Gasteiger partial charge is 0.0486 e. The second-order valence-corrected chi connectivity index (χ2v) is 6.53. The second kappa shape index (κ2) is 5.82. The van der Waals surface area contributed by atoms with E-state index in [1.807, 2.05) is 0 Å². The third kappa shape index (κ3) is 2.72. The minimum absolute atomic E-state index is 0.265. The van der Waals surface area contributed by atoms with Crippen molar-refractivity contribution in [1.82, 2.24) is 9.47 Å². The summed E-state index contributed by atoms with van der Waals surface area (Å²) in [6.45, 7) is 7.65. The molecular weight excluding hydrogens is 258 g/mol. The summed E-state index contributed by atoms with van der Waals surface area (Å²) in [5.41, 5.74) is 12.0. The summed E-state index contributed by atoms with van der Waals surface area (Å²) in [6, 6.07) is 5.09. The molecule has 3 rings (SSSR count). The van der Waals surface area contributed by atoms with Crippen LogP contribution >= 0.6 is 0 Å². The van der Waals surface area contributed by atoms with Crippen molar-refractivity contribution in [2.75, 3.05) is 7.05 Å². The number of fused-ring (bicyclic) bond motifs is 2. The molecule has 0 aliphatic carbocycles. The van der Waals surface area contributed by atoms with Crippen LogP contribution in [-0.2, 0) is 26.1 Å². The van der Waals surface area contributed by atoms with Crippen molar-refractivity contribution >= 4 is 10.9 Å². The van der Waals surface area contributed by atoms with Gasteiger partial charge in [0.25, 0.3) is 0 Å². The molecule has 1 aliphatic rings. The molecule has 2 heterocycles. The summed E-state index contributed by atoms with van der Waals surface area (Å²) < 4.78 is 2.42. The van der Waals surface area contributed by atoms with Gasteiger partial charge in [0.2, 0.25) is 0 Å². The van der Waals surface area contributed by atoms with E-state index >= 15 is 0 Å². The second-order valence-electron chi connectivity index (χ2n) is 6.53. The third-order valence-electron chi connectivity index (χ3n) is 4.64. The van der Waals surface area contributed by atoms with E-state index in [9.17, 15) is 0 Å². The van der Waals surface area contributed by atoms with Gasteiger partial charge in [0.1, 0.15) is 0 Å². The highest BCUT2D eigenvalue weighted by Crippen LogP contribution is 2.31. The Morgan fingerprint density at radius 3 is 2.57 bits per heavy atom. The molecule has 21 heavy (non-hydrogen) atoms. The van der Waals surface area contributed by atoms with Crippen molar-refractivity contribution in [3.63, 3.8) is 0 Å². The van der Waals surface area contributed by atoms with Crippen molar-refractivity contribution in [2.24, 2.45) is 5.73 Å². The highest BCUT2D eigenvalue weighted by molar-refractivity contribution is 5.86. The highest BCUT2D eigenvalue weighted by Gasteiger charge is 2.19. The zero-order chi connectivity index (χ0) is 15.0. The molecule has 2 N–H and O–H groups in total. The van der Waals surface area contributed by atoms with Crippen molar-refractivity contribution in [1.29, 1.82) is 0 Å². The monoisotopic (exact) mass is 285 g/mol. The number of nitrogens with zero attached hydrogens (tertiary/aromatic N) is 2. The predicted octanol–water partition coefficient (Wildman–Crippen LogP) is 3.28. The number of aromatic nitrogens is 1. The number of rotatable bonds is 5. The Hall–Kier alpha value is -1.32. The van der Waals surface area contributed by atoms with E-state index in [0.29, 0.717) is 0 Å². The lowest BCUT2D eigenvalue weighted by Gasteiger charge is -2.07.